The first-order chi connectivity index (χ1) is 29.1. The van der Waals surface area contributed by atoms with Gasteiger partial charge in [-0.2, -0.15) is 0 Å². The molecule has 0 N–H and O–H groups in total. The number of para-hydroxylation sites is 2. The molecule has 0 aliphatic heterocycles. The number of hydrogen-bond donors (Lipinski definition) is 0. The topological polar surface area (TPSA) is 8.17 Å². The molecule has 59 heavy (non-hydrogen) atoms. The number of anilines is 3. The van der Waals surface area contributed by atoms with Crippen LogP contribution in [-0.2, 0) is 5.41 Å². The van der Waals surface area contributed by atoms with Crippen molar-refractivity contribution in [2.45, 2.75) is 19.3 Å². The van der Waals surface area contributed by atoms with Gasteiger partial charge < -0.3 is 9.47 Å². The minimum absolute atomic E-state index is 0.120. The van der Waals surface area contributed by atoms with Crippen LogP contribution in [0.3, 0.4) is 0 Å². The Kier molecular flexibility index (Phi) is 7.31. The van der Waals surface area contributed by atoms with Crippen LogP contribution < -0.4 is 4.90 Å². The molecule has 1 aliphatic rings. The molecule has 0 atom stereocenters. The van der Waals surface area contributed by atoms with Crippen LogP contribution in [0.2, 0.25) is 0 Å². The Hall–Kier alpha value is -7.42. The zero-order chi connectivity index (χ0) is 39.2. The van der Waals surface area contributed by atoms with E-state index in [9.17, 15) is 0 Å². The fourth-order valence-corrected chi connectivity index (χ4v) is 10.2. The quantitative estimate of drug-likeness (QED) is 0.159. The summed E-state index contributed by atoms with van der Waals surface area (Å²) in [7, 11) is 0. The van der Waals surface area contributed by atoms with E-state index in [0.29, 0.717) is 0 Å². The number of fused-ring (bicyclic) bond motifs is 13. The first-order valence-electron chi connectivity index (χ1n) is 20.6. The lowest BCUT2D eigenvalue weighted by molar-refractivity contribution is 0.660. The second-order valence-electron chi connectivity index (χ2n) is 16.5. The van der Waals surface area contributed by atoms with E-state index in [2.05, 4.69) is 230 Å². The number of rotatable bonds is 5. The van der Waals surface area contributed by atoms with Gasteiger partial charge in [-0.15, -0.1) is 0 Å². The van der Waals surface area contributed by atoms with E-state index in [1.54, 1.807) is 0 Å². The third kappa shape index (κ3) is 4.93. The number of hydrogen-bond acceptors (Lipinski definition) is 1. The molecule has 10 aromatic carbocycles. The third-order valence-corrected chi connectivity index (χ3v) is 12.9. The van der Waals surface area contributed by atoms with Gasteiger partial charge in [0.15, 0.2) is 0 Å². The molecule has 0 radical (unpaired) electrons. The van der Waals surface area contributed by atoms with E-state index < -0.39 is 0 Å². The Morgan fingerprint density at radius 1 is 0.407 bits per heavy atom. The monoisotopic (exact) mass is 752 g/mol. The van der Waals surface area contributed by atoms with Crippen molar-refractivity contribution in [3.63, 3.8) is 0 Å². The Bertz CT molecular complexity index is 3460. The van der Waals surface area contributed by atoms with Gasteiger partial charge in [0.1, 0.15) is 0 Å². The average molecular weight is 753 g/mol. The van der Waals surface area contributed by atoms with Gasteiger partial charge in [-0.05, 0) is 97.9 Å². The maximum Gasteiger partial charge on any atom is 0.0626 e. The van der Waals surface area contributed by atoms with Gasteiger partial charge in [-0.25, -0.2) is 0 Å². The van der Waals surface area contributed by atoms with Crippen LogP contribution in [0.25, 0.3) is 82.1 Å². The van der Waals surface area contributed by atoms with Crippen molar-refractivity contribution in [2.75, 3.05) is 4.90 Å². The first-order valence-corrected chi connectivity index (χ1v) is 20.6. The Labute approximate surface area is 343 Å². The van der Waals surface area contributed by atoms with Crippen LogP contribution in [0, 0.1) is 0 Å². The van der Waals surface area contributed by atoms with Gasteiger partial charge in [0.25, 0.3) is 0 Å². The molecular formula is C57H40N2. The lowest BCUT2D eigenvalue weighted by Gasteiger charge is -2.30. The van der Waals surface area contributed by atoms with Crippen molar-refractivity contribution in [1.82, 2.24) is 4.57 Å². The van der Waals surface area contributed by atoms with E-state index in [0.717, 1.165) is 22.7 Å². The molecule has 0 fully saturated rings. The highest BCUT2D eigenvalue weighted by Crippen LogP contribution is 2.52. The predicted octanol–water partition coefficient (Wildman–Crippen LogP) is 15.7. The van der Waals surface area contributed by atoms with Gasteiger partial charge in [0.05, 0.1) is 16.7 Å². The minimum Gasteiger partial charge on any atom is -0.310 e. The molecule has 2 nitrogen and oxygen atoms in total. The fourth-order valence-electron chi connectivity index (χ4n) is 10.2. The van der Waals surface area contributed by atoms with Crippen molar-refractivity contribution in [3.05, 3.63) is 217 Å². The van der Waals surface area contributed by atoms with Crippen molar-refractivity contribution >= 4 is 71.2 Å². The average Bonchev–Trinajstić information content (AvgIpc) is 3.76. The van der Waals surface area contributed by atoms with Crippen LogP contribution in [0.5, 0.6) is 0 Å². The smallest absolute Gasteiger partial charge is 0.0626 e. The largest absolute Gasteiger partial charge is 0.310 e. The summed E-state index contributed by atoms with van der Waals surface area (Å²) in [5.41, 5.74) is 14.6. The molecule has 278 valence electrons. The summed E-state index contributed by atoms with van der Waals surface area (Å²) in [5.74, 6) is 0. The van der Waals surface area contributed by atoms with Gasteiger partial charge in [-0.3, -0.25) is 0 Å². The van der Waals surface area contributed by atoms with Crippen LogP contribution in [0.1, 0.15) is 25.0 Å². The molecule has 0 unspecified atom stereocenters. The second kappa shape index (κ2) is 12.8. The van der Waals surface area contributed by atoms with Crippen molar-refractivity contribution in [1.29, 1.82) is 0 Å². The minimum atomic E-state index is -0.120. The fraction of sp³-hybridized carbons (Fsp3) is 0.0526. The molecule has 0 saturated carbocycles. The molecule has 1 aliphatic carbocycles. The highest BCUT2D eigenvalue weighted by Gasteiger charge is 2.36. The summed E-state index contributed by atoms with van der Waals surface area (Å²) in [6.07, 6.45) is 0. The van der Waals surface area contributed by atoms with E-state index in [4.69, 9.17) is 0 Å². The summed E-state index contributed by atoms with van der Waals surface area (Å²) in [6.45, 7) is 4.72. The summed E-state index contributed by atoms with van der Waals surface area (Å²) in [5, 5.41) is 10.2. The summed E-state index contributed by atoms with van der Waals surface area (Å²) in [4.78, 5) is 2.45. The van der Waals surface area contributed by atoms with Crippen LogP contribution in [-0.4, -0.2) is 4.57 Å². The predicted molar refractivity (Wildman–Crippen MR) is 251 cm³/mol. The molecule has 0 saturated heterocycles. The normalized spacial score (nSPS) is 13.1. The third-order valence-electron chi connectivity index (χ3n) is 12.9. The van der Waals surface area contributed by atoms with Crippen molar-refractivity contribution in [3.8, 4) is 27.9 Å². The maximum absolute atomic E-state index is 2.50. The lowest BCUT2D eigenvalue weighted by atomic mass is 9.82. The zero-order valence-corrected chi connectivity index (χ0v) is 33.0. The molecule has 0 spiro atoms. The second-order valence-corrected chi connectivity index (χ2v) is 16.5. The highest BCUT2D eigenvalue weighted by molar-refractivity contribution is 6.36. The Balaban J connectivity index is 1.10. The van der Waals surface area contributed by atoms with E-state index in [1.807, 2.05) is 0 Å². The summed E-state index contributed by atoms with van der Waals surface area (Å²) >= 11 is 0. The first kappa shape index (κ1) is 33.7. The lowest BCUT2D eigenvalue weighted by Crippen LogP contribution is -2.17. The van der Waals surface area contributed by atoms with E-state index in [1.165, 1.54) is 87.5 Å². The molecule has 2 heteroatoms. The van der Waals surface area contributed by atoms with Gasteiger partial charge in [0.2, 0.25) is 0 Å². The molecular weight excluding hydrogens is 713 g/mol. The van der Waals surface area contributed by atoms with E-state index in [-0.39, 0.29) is 5.41 Å². The standard InChI is InChI=1S/C57H40N2/c1-57(2)50-25-13-10-22-45(50)46-35-33-41(36-51(46)57)58(52-26-14-11-19-42(52)37-16-4-3-5-17-37)39-29-31-40(32-30-39)59-53-27-15-12-24-49(53)55-54-43-20-7-6-18-38(43)28-34-47(54)44-21-8-9-23-48(44)56(55)59/h3-36H,1-2H3. The van der Waals surface area contributed by atoms with Gasteiger partial charge in [-0.1, -0.05) is 172 Å². The molecule has 12 rings (SSSR count). The van der Waals surface area contributed by atoms with Crippen LogP contribution in [0.4, 0.5) is 17.1 Å². The Morgan fingerprint density at radius 3 is 1.86 bits per heavy atom. The van der Waals surface area contributed by atoms with Crippen molar-refractivity contribution < 1.29 is 0 Å². The zero-order valence-electron chi connectivity index (χ0n) is 33.0. The summed E-state index contributed by atoms with van der Waals surface area (Å²) in [6, 6.07) is 76.1. The van der Waals surface area contributed by atoms with Crippen molar-refractivity contribution in [2.24, 2.45) is 0 Å². The van der Waals surface area contributed by atoms with Gasteiger partial charge in [0, 0.05) is 49.6 Å². The number of benzene rings is 10. The van der Waals surface area contributed by atoms with E-state index >= 15 is 0 Å². The molecule has 0 amide bonds. The molecule has 1 aromatic heterocycles. The van der Waals surface area contributed by atoms with Crippen LogP contribution >= 0.6 is 0 Å². The Morgan fingerprint density at radius 2 is 1.03 bits per heavy atom. The number of aromatic nitrogens is 1. The maximum atomic E-state index is 2.50. The number of nitrogens with zero attached hydrogens (tertiary/aromatic N) is 2. The SMILES string of the molecule is CC1(C)c2ccccc2-c2ccc(N(c3ccc(-n4c5ccccc5c5c6c7ccccc7ccc6c6ccccc6c54)cc3)c3ccccc3-c3ccccc3)cc21. The van der Waals surface area contributed by atoms with Gasteiger partial charge >= 0.3 is 0 Å². The highest BCUT2D eigenvalue weighted by atomic mass is 15.1. The molecule has 0 bridgehead atoms. The molecule has 11 aromatic rings. The molecule has 1 heterocycles. The summed E-state index contributed by atoms with van der Waals surface area (Å²) < 4.78 is 2.50. The van der Waals surface area contributed by atoms with Crippen LogP contribution in [0.15, 0.2) is 206 Å².